The van der Waals surface area contributed by atoms with E-state index in [1.165, 1.54) is 31.3 Å². The fourth-order valence-corrected chi connectivity index (χ4v) is 10.8. The number of nitrogens with zero attached hydrogens (tertiary/aromatic N) is 1. The summed E-state index contributed by atoms with van der Waals surface area (Å²) < 4.78 is 16.1. The van der Waals surface area contributed by atoms with Gasteiger partial charge in [0.05, 0.1) is 16.8 Å². The summed E-state index contributed by atoms with van der Waals surface area (Å²) >= 11 is 1.87. The lowest BCUT2D eigenvalue weighted by molar-refractivity contribution is 0.672. The quantitative estimate of drug-likeness (QED) is 0.174. The van der Waals surface area contributed by atoms with Crippen LogP contribution in [0.2, 0.25) is 0 Å². The van der Waals surface area contributed by atoms with E-state index in [-0.39, 0.29) is 0 Å². The van der Waals surface area contributed by atoms with Gasteiger partial charge in [0.2, 0.25) is 0 Å². The molecule has 0 bridgehead atoms. The monoisotopic (exact) mass is 783 g/mol. The first-order valence-electron chi connectivity index (χ1n) is 20.3. The highest BCUT2D eigenvalue weighted by molar-refractivity contribution is 7.26. The Labute approximate surface area is 348 Å². The molecule has 0 saturated carbocycles. The van der Waals surface area contributed by atoms with Crippen LogP contribution in [0, 0.1) is 0 Å². The average Bonchev–Trinajstić information content (AvgIpc) is 4.02. The molecule has 0 aliphatic carbocycles. The zero-order valence-corrected chi connectivity index (χ0v) is 33.0. The van der Waals surface area contributed by atoms with Crippen LogP contribution in [0.15, 0.2) is 209 Å². The third-order valence-corrected chi connectivity index (χ3v) is 13.5. The van der Waals surface area contributed by atoms with Crippen LogP contribution in [0.5, 0.6) is 0 Å². The van der Waals surface area contributed by atoms with Crippen molar-refractivity contribution in [3.63, 3.8) is 0 Å². The zero-order chi connectivity index (χ0) is 39.3. The van der Waals surface area contributed by atoms with Crippen molar-refractivity contribution in [3.05, 3.63) is 200 Å². The van der Waals surface area contributed by atoms with Gasteiger partial charge in [-0.05, 0) is 82.1 Å². The first-order valence-corrected chi connectivity index (χ1v) is 21.1. The van der Waals surface area contributed by atoms with Gasteiger partial charge in [0.15, 0.2) is 0 Å². The number of hydrogen-bond acceptors (Lipinski definition) is 4. The molecule has 0 aliphatic heterocycles. The van der Waals surface area contributed by atoms with E-state index in [2.05, 4.69) is 205 Å². The lowest BCUT2D eigenvalue weighted by atomic mass is 9.95. The Bertz CT molecular complexity index is 3850. The van der Waals surface area contributed by atoms with Gasteiger partial charge in [-0.25, -0.2) is 0 Å². The number of benzene rings is 10. The summed E-state index contributed by atoms with van der Waals surface area (Å²) in [6.07, 6.45) is 0. The van der Waals surface area contributed by atoms with Crippen LogP contribution in [-0.2, 0) is 0 Å². The third kappa shape index (κ3) is 4.89. The molecule has 0 aliphatic rings. The van der Waals surface area contributed by atoms with Gasteiger partial charge in [0, 0.05) is 58.4 Å². The number of anilines is 3. The predicted octanol–water partition coefficient (Wildman–Crippen LogP) is 17.0. The molecule has 280 valence electrons. The number of rotatable bonds is 5. The maximum atomic E-state index is 6.78. The van der Waals surface area contributed by atoms with Gasteiger partial charge in [-0.3, -0.25) is 0 Å². The minimum Gasteiger partial charge on any atom is -0.455 e. The smallest absolute Gasteiger partial charge is 0.143 e. The predicted molar refractivity (Wildman–Crippen MR) is 254 cm³/mol. The molecule has 3 heterocycles. The molecule has 13 rings (SSSR count). The summed E-state index contributed by atoms with van der Waals surface area (Å²) in [6, 6.07) is 71.9. The minimum atomic E-state index is 0.851. The number of thiophene rings is 1. The van der Waals surface area contributed by atoms with Crippen LogP contribution in [0.4, 0.5) is 17.1 Å². The summed E-state index contributed by atoms with van der Waals surface area (Å²) in [6.45, 7) is 0. The average molecular weight is 784 g/mol. The van der Waals surface area contributed by atoms with Crippen molar-refractivity contribution in [3.8, 4) is 22.3 Å². The molecule has 60 heavy (non-hydrogen) atoms. The Morgan fingerprint density at radius 1 is 0.350 bits per heavy atom. The van der Waals surface area contributed by atoms with Crippen LogP contribution in [0.3, 0.4) is 0 Å². The standard InChI is InChI=1S/C56H33NO2S/c1-3-14-38-34(12-1)28-32-45-52-43(19-10-23-49(52)58-54(38)45)41-16-5-7-21-47(41)57(48-22-11-24-50-53(48)46-33-29-35-13-2-4-15-39(35)55(46)59-50)37-30-26-36(27-31-37)40-18-9-20-44-42-17-6-8-25-51(42)60-56(40)44/h1-33H. The molecular formula is C56H33NO2S. The van der Waals surface area contributed by atoms with E-state index in [1.807, 2.05) is 11.3 Å². The van der Waals surface area contributed by atoms with E-state index in [4.69, 9.17) is 8.83 Å². The van der Waals surface area contributed by atoms with Crippen LogP contribution in [0.25, 0.3) is 108 Å². The topological polar surface area (TPSA) is 29.5 Å². The van der Waals surface area contributed by atoms with Crippen molar-refractivity contribution in [2.75, 3.05) is 4.90 Å². The summed E-state index contributed by atoms with van der Waals surface area (Å²) in [4.78, 5) is 2.42. The lowest BCUT2D eigenvalue weighted by Gasteiger charge is -2.29. The molecule has 10 aromatic carbocycles. The molecule has 0 fully saturated rings. The number of para-hydroxylation sites is 1. The molecule has 0 radical (unpaired) electrons. The van der Waals surface area contributed by atoms with Crippen molar-refractivity contribution in [2.45, 2.75) is 0 Å². The lowest BCUT2D eigenvalue weighted by Crippen LogP contribution is -2.11. The van der Waals surface area contributed by atoms with Crippen molar-refractivity contribution in [1.29, 1.82) is 0 Å². The molecule has 3 nitrogen and oxygen atoms in total. The Morgan fingerprint density at radius 3 is 1.67 bits per heavy atom. The normalized spacial score (nSPS) is 12.0. The number of fused-ring (bicyclic) bond motifs is 13. The van der Waals surface area contributed by atoms with E-state index >= 15 is 0 Å². The van der Waals surface area contributed by atoms with Crippen LogP contribution in [-0.4, -0.2) is 0 Å². The molecule has 0 unspecified atom stereocenters. The fourth-order valence-electron chi connectivity index (χ4n) is 9.57. The first-order chi connectivity index (χ1) is 29.8. The summed E-state index contributed by atoms with van der Waals surface area (Å²) in [5.41, 5.74) is 11.3. The number of furan rings is 2. The SMILES string of the molecule is c1ccc(N(c2ccc(-c3cccc4c3sc3ccccc34)cc2)c2cccc3oc4c5ccccc5ccc4c23)c(-c2cccc3oc4c5ccccc5ccc4c23)c1. The first kappa shape index (κ1) is 33.3. The van der Waals surface area contributed by atoms with E-state index in [0.717, 1.165) is 93.6 Å². The van der Waals surface area contributed by atoms with Gasteiger partial charge >= 0.3 is 0 Å². The highest BCUT2D eigenvalue weighted by Gasteiger charge is 2.24. The molecular weight excluding hydrogens is 751 g/mol. The highest BCUT2D eigenvalue weighted by atomic mass is 32.1. The van der Waals surface area contributed by atoms with E-state index in [0.29, 0.717) is 0 Å². The Kier molecular flexibility index (Phi) is 7.18. The van der Waals surface area contributed by atoms with E-state index in [9.17, 15) is 0 Å². The molecule has 0 amide bonds. The molecule has 0 spiro atoms. The third-order valence-electron chi connectivity index (χ3n) is 12.3. The number of hydrogen-bond donors (Lipinski definition) is 0. The molecule has 0 atom stereocenters. The highest BCUT2D eigenvalue weighted by Crippen LogP contribution is 2.49. The van der Waals surface area contributed by atoms with E-state index in [1.54, 1.807) is 0 Å². The van der Waals surface area contributed by atoms with Gasteiger partial charge in [-0.15, -0.1) is 11.3 Å². The second kappa shape index (κ2) is 12.9. The van der Waals surface area contributed by atoms with Gasteiger partial charge < -0.3 is 13.7 Å². The maximum Gasteiger partial charge on any atom is 0.143 e. The second-order valence-corrected chi connectivity index (χ2v) is 16.6. The molecule has 4 heteroatoms. The van der Waals surface area contributed by atoms with Gasteiger partial charge in [0.25, 0.3) is 0 Å². The Morgan fingerprint density at radius 2 is 0.900 bits per heavy atom. The Balaban J connectivity index is 1.06. The van der Waals surface area contributed by atoms with Crippen molar-refractivity contribution >= 4 is 114 Å². The molecule has 3 aromatic heterocycles. The van der Waals surface area contributed by atoms with E-state index < -0.39 is 0 Å². The van der Waals surface area contributed by atoms with Gasteiger partial charge in [-0.1, -0.05) is 146 Å². The molecule has 13 aromatic rings. The second-order valence-electron chi connectivity index (χ2n) is 15.5. The van der Waals surface area contributed by atoms with Crippen molar-refractivity contribution in [1.82, 2.24) is 0 Å². The fraction of sp³-hybridized carbons (Fsp3) is 0. The van der Waals surface area contributed by atoms with Crippen LogP contribution < -0.4 is 4.90 Å². The molecule has 0 N–H and O–H groups in total. The Hall–Kier alpha value is -7.66. The van der Waals surface area contributed by atoms with Gasteiger partial charge in [0.1, 0.15) is 22.3 Å². The van der Waals surface area contributed by atoms with Gasteiger partial charge in [-0.2, -0.15) is 0 Å². The molecule has 0 saturated heterocycles. The largest absolute Gasteiger partial charge is 0.455 e. The zero-order valence-electron chi connectivity index (χ0n) is 32.2. The van der Waals surface area contributed by atoms with Crippen molar-refractivity contribution < 1.29 is 8.83 Å². The van der Waals surface area contributed by atoms with Crippen LogP contribution in [0.1, 0.15) is 0 Å². The maximum absolute atomic E-state index is 6.78. The summed E-state index contributed by atoms with van der Waals surface area (Å²) in [5.74, 6) is 0. The van der Waals surface area contributed by atoms with Crippen LogP contribution >= 0.6 is 11.3 Å². The minimum absolute atomic E-state index is 0.851. The summed E-state index contributed by atoms with van der Waals surface area (Å²) in [7, 11) is 0. The summed E-state index contributed by atoms with van der Waals surface area (Å²) in [5, 5.41) is 11.5. The van der Waals surface area contributed by atoms with Crippen molar-refractivity contribution in [2.24, 2.45) is 0 Å².